The van der Waals surface area contributed by atoms with E-state index in [9.17, 15) is 4.79 Å². The van der Waals surface area contributed by atoms with Crippen LogP contribution < -0.4 is 0 Å². The van der Waals surface area contributed by atoms with Crippen LogP contribution in [0, 0.1) is 0 Å². The number of carbonyl (C=O) groups is 1. The molecule has 1 aliphatic rings. The van der Waals surface area contributed by atoms with Crippen molar-refractivity contribution in [3.63, 3.8) is 0 Å². The van der Waals surface area contributed by atoms with Crippen molar-refractivity contribution in [2.24, 2.45) is 0 Å². The molecule has 0 radical (unpaired) electrons. The van der Waals surface area contributed by atoms with E-state index >= 15 is 0 Å². The third-order valence-corrected chi connectivity index (χ3v) is 2.02. The van der Waals surface area contributed by atoms with Crippen LogP contribution in [0.3, 0.4) is 0 Å². The number of nitrogens with zero attached hydrogens (tertiary/aromatic N) is 1. The van der Waals surface area contributed by atoms with Gasteiger partial charge in [0.15, 0.2) is 0 Å². The lowest BCUT2D eigenvalue weighted by Gasteiger charge is -2.39. The van der Waals surface area contributed by atoms with Gasteiger partial charge in [-0.1, -0.05) is 6.92 Å². The largest absolute Gasteiger partial charge is 0.340 e. The fourth-order valence-corrected chi connectivity index (χ4v) is 1.28. The minimum Gasteiger partial charge on any atom is -0.340 e. The molecule has 0 saturated carbocycles. The van der Waals surface area contributed by atoms with E-state index in [2.05, 4.69) is 6.92 Å². The zero-order valence-corrected chi connectivity index (χ0v) is 6.05. The Labute approximate surface area is 55.8 Å². The molecule has 1 aliphatic heterocycles. The van der Waals surface area contributed by atoms with Gasteiger partial charge in [-0.2, -0.15) is 0 Å². The first-order chi connectivity index (χ1) is 4.25. The van der Waals surface area contributed by atoms with Gasteiger partial charge < -0.3 is 4.90 Å². The van der Waals surface area contributed by atoms with Gasteiger partial charge in [-0.25, -0.2) is 0 Å². The molecule has 0 aromatic rings. The topological polar surface area (TPSA) is 20.3 Å². The van der Waals surface area contributed by atoms with Gasteiger partial charge in [0.05, 0.1) is 0 Å². The summed E-state index contributed by atoms with van der Waals surface area (Å²) in [6, 6.07) is 0.558. The second-order valence-corrected chi connectivity index (χ2v) is 2.56. The van der Waals surface area contributed by atoms with Crippen molar-refractivity contribution in [1.29, 1.82) is 0 Å². The molecule has 1 rings (SSSR count). The third kappa shape index (κ3) is 1.07. The number of carbonyl (C=O) groups excluding carboxylic acids is 1. The predicted octanol–water partition coefficient (Wildman–Crippen LogP) is 1.02. The summed E-state index contributed by atoms with van der Waals surface area (Å²) >= 11 is 0. The van der Waals surface area contributed by atoms with Crippen LogP contribution in [0.25, 0.3) is 0 Å². The van der Waals surface area contributed by atoms with E-state index in [0.717, 1.165) is 13.0 Å². The molecule has 1 saturated heterocycles. The molecular weight excluding hydrogens is 114 g/mol. The zero-order valence-electron chi connectivity index (χ0n) is 6.05. The Morgan fingerprint density at radius 2 is 2.44 bits per heavy atom. The molecule has 2 heteroatoms. The summed E-state index contributed by atoms with van der Waals surface area (Å²) in [5.74, 6) is 0.230. The van der Waals surface area contributed by atoms with Crippen LogP contribution in [-0.2, 0) is 4.79 Å². The second-order valence-electron chi connectivity index (χ2n) is 2.56. The van der Waals surface area contributed by atoms with Gasteiger partial charge in [-0.15, -0.1) is 0 Å². The molecule has 0 N–H and O–H groups in total. The number of amides is 1. The van der Waals surface area contributed by atoms with Gasteiger partial charge in [-0.3, -0.25) is 4.79 Å². The summed E-state index contributed by atoms with van der Waals surface area (Å²) < 4.78 is 0. The highest BCUT2D eigenvalue weighted by molar-refractivity contribution is 5.74. The van der Waals surface area contributed by atoms with Crippen LogP contribution in [-0.4, -0.2) is 23.4 Å². The lowest BCUT2D eigenvalue weighted by molar-refractivity contribution is -0.136. The van der Waals surface area contributed by atoms with Gasteiger partial charge in [0.25, 0.3) is 0 Å². The monoisotopic (exact) mass is 127 g/mol. The highest BCUT2D eigenvalue weighted by Gasteiger charge is 2.27. The molecule has 9 heavy (non-hydrogen) atoms. The van der Waals surface area contributed by atoms with Crippen molar-refractivity contribution in [2.75, 3.05) is 6.54 Å². The Hall–Kier alpha value is -0.530. The van der Waals surface area contributed by atoms with Crippen LogP contribution >= 0.6 is 0 Å². The molecule has 0 unspecified atom stereocenters. The first kappa shape index (κ1) is 6.59. The number of likely N-dealkylation sites (tertiary alicyclic amines) is 1. The lowest BCUT2D eigenvalue weighted by Crippen LogP contribution is -2.49. The standard InChI is InChI=1S/C7H13NO/c1-3-7-4-5-8(7)6(2)9/h7H,3-5H2,1-2H3/t7-/m0/s1. The van der Waals surface area contributed by atoms with E-state index in [0.29, 0.717) is 6.04 Å². The van der Waals surface area contributed by atoms with Crippen LogP contribution in [0.1, 0.15) is 26.7 Å². The Bertz CT molecular complexity index is 120. The zero-order chi connectivity index (χ0) is 6.85. The minimum absolute atomic E-state index is 0.230. The maximum atomic E-state index is 10.7. The average Bonchev–Trinajstić information content (AvgIpc) is 1.61. The Morgan fingerprint density at radius 3 is 2.56 bits per heavy atom. The van der Waals surface area contributed by atoms with Gasteiger partial charge in [0, 0.05) is 19.5 Å². The van der Waals surface area contributed by atoms with E-state index in [4.69, 9.17) is 0 Å². The SMILES string of the molecule is CC[C@H]1CCN1C(C)=O. The van der Waals surface area contributed by atoms with E-state index in [1.165, 1.54) is 6.42 Å². The highest BCUT2D eigenvalue weighted by atomic mass is 16.2. The first-order valence-corrected chi connectivity index (χ1v) is 3.53. The summed E-state index contributed by atoms with van der Waals surface area (Å²) in [7, 11) is 0. The lowest BCUT2D eigenvalue weighted by atomic mass is 10.0. The summed E-state index contributed by atoms with van der Waals surface area (Å²) in [5.41, 5.74) is 0. The average molecular weight is 127 g/mol. The number of rotatable bonds is 1. The predicted molar refractivity (Wildman–Crippen MR) is 36.1 cm³/mol. The molecule has 1 heterocycles. The molecule has 1 amide bonds. The van der Waals surface area contributed by atoms with Crippen molar-refractivity contribution in [1.82, 2.24) is 4.90 Å². The quantitative estimate of drug-likeness (QED) is 0.515. The van der Waals surface area contributed by atoms with E-state index in [-0.39, 0.29) is 5.91 Å². The van der Waals surface area contributed by atoms with Crippen molar-refractivity contribution in [3.8, 4) is 0 Å². The van der Waals surface area contributed by atoms with Crippen LogP contribution in [0.2, 0.25) is 0 Å². The van der Waals surface area contributed by atoms with E-state index in [1.54, 1.807) is 6.92 Å². The molecule has 0 aromatic heterocycles. The van der Waals surface area contributed by atoms with Gasteiger partial charge in [-0.05, 0) is 12.8 Å². The van der Waals surface area contributed by atoms with Crippen molar-refractivity contribution < 1.29 is 4.79 Å². The molecule has 2 nitrogen and oxygen atoms in total. The maximum Gasteiger partial charge on any atom is 0.219 e. The molecule has 0 spiro atoms. The molecule has 1 atom stereocenters. The summed E-state index contributed by atoms with van der Waals surface area (Å²) in [5, 5.41) is 0. The molecule has 0 bridgehead atoms. The van der Waals surface area contributed by atoms with E-state index < -0.39 is 0 Å². The molecule has 1 fully saturated rings. The van der Waals surface area contributed by atoms with Crippen molar-refractivity contribution >= 4 is 5.91 Å². The Kier molecular flexibility index (Phi) is 1.74. The van der Waals surface area contributed by atoms with Gasteiger partial charge >= 0.3 is 0 Å². The smallest absolute Gasteiger partial charge is 0.219 e. The van der Waals surface area contributed by atoms with E-state index in [1.807, 2.05) is 4.90 Å². The number of hydrogen-bond donors (Lipinski definition) is 0. The number of hydrogen-bond acceptors (Lipinski definition) is 1. The Morgan fingerprint density at radius 1 is 1.78 bits per heavy atom. The normalized spacial score (nSPS) is 25.6. The molecule has 0 aliphatic carbocycles. The summed E-state index contributed by atoms with van der Waals surface area (Å²) in [6.45, 7) is 4.75. The maximum absolute atomic E-state index is 10.7. The summed E-state index contributed by atoms with van der Waals surface area (Å²) in [4.78, 5) is 12.7. The van der Waals surface area contributed by atoms with Crippen LogP contribution in [0.15, 0.2) is 0 Å². The third-order valence-electron chi connectivity index (χ3n) is 2.02. The highest BCUT2D eigenvalue weighted by Crippen LogP contribution is 2.19. The fraction of sp³-hybridized carbons (Fsp3) is 0.857. The van der Waals surface area contributed by atoms with Crippen molar-refractivity contribution in [3.05, 3.63) is 0 Å². The molecular formula is C7H13NO. The van der Waals surface area contributed by atoms with Gasteiger partial charge in [0.1, 0.15) is 0 Å². The van der Waals surface area contributed by atoms with Crippen LogP contribution in [0.4, 0.5) is 0 Å². The first-order valence-electron chi connectivity index (χ1n) is 3.53. The summed E-state index contributed by atoms with van der Waals surface area (Å²) in [6.07, 6.45) is 2.32. The molecule has 52 valence electrons. The second kappa shape index (κ2) is 2.38. The minimum atomic E-state index is 0.230. The van der Waals surface area contributed by atoms with Crippen LogP contribution in [0.5, 0.6) is 0 Å². The Balaban J connectivity index is 2.35. The van der Waals surface area contributed by atoms with Gasteiger partial charge in [0.2, 0.25) is 5.91 Å². The fourth-order valence-electron chi connectivity index (χ4n) is 1.28. The van der Waals surface area contributed by atoms with Crippen molar-refractivity contribution in [2.45, 2.75) is 32.7 Å². The molecule has 0 aromatic carbocycles.